The Labute approximate surface area is 151 Å². The largest absolute Gasteiger partial charge is 0.497 e. The van der Waals surface area contributed by atoms with Crippen LogP contribution in [0.25, 0.3) is 0 Å². The Morgan fingerprint density at radius 2 is 2.08 bits per heavy atom. The van der Waals surface area contributed by atoms with Gasteiger partial charge >= 0.3 is 0 Å². The van der Waals surface area contributed by atoms with Crippen LogP contribution in [0.15, 0.2) is 29.3 Å². The summed E-state index contributed by atoms with van der Waals surface area (Å²) in [7, 11) is 3.45. The van der Waals surface area contributed by atoms with E-state index in [-0.39, 0.29) is 11.9 Å². The first-order valence-electron chi connectivity index (χ1n) is 9.02. The van der Waals surface area contributed by atoms with Crippen molar-refractivity contribution in [3.8, 4) is 5.75 Å². The number of amides is 1. The van der Waals surface area contributed by atoms with Crippen molar-refractivity contribution in [2.45, 2.75) is 37.8 Å². The molecule has 1 aliphatic carbocycles. The molecule has 0 saturated heterocycles. The van der Waals surface area contributed by atoms with Gasteiger partial charge in [0.2, 0.25) is 5.96 Å². The predicted molar refractivity (Wildman–Crippen MR) is 97.8 cm³/mol. The quantitative estimate of drug-likeness (QED) is 0.920. The van der Waals surface area contributed by atoms with E-state index in [1.54, 1.807) is 19.1 Å². The van der Waals surface area contributed by atoms with Crippen molar-refractivity contribution in [1.82, 2.24) is 14.9 Å². The van der Waals surface area contributed by atoms with Crippen LogP contribution in [0.2, 0.25) is 0 Å². The fourth-order valence-electron chi connectivity index (χ4n) is 4.25. The summed E-state index contributed by atoms with van der Waals surface area (Å²) in [6.45, 7) is 0. The second-order valence-corrected chi connectivity index (χ2v) is 7.14. The van der Waals surface area contributed by atoms with Crippen LogP contribution in [0.3, 0.4) is 0 Å². The molecule has 1 aromatic heterocycles. The minimum absolute atomic E-state index is 0.0662. The molecule has 1 N–H and O–H groups in total. The molecule has 5 rings (SSSR count). The van der Waals surface area contributed by atoms with E-state index < -0.39 is 0 Å². The molecule has 1 amide bonds. The lowest BCUT2D eigenvalue weighted by Gasteiger charge is -2.33. The third kappa shape index (κ3) is 2.16. The maximum absolute atomic E-state index is 12.8. The van der Waals surface area contributed by atoms with Crippen molar-refractivity contribution in [1.29, 1.82) is 0 Å². The van der Waals surface area contributed by atoms with Crippen LogP contribution in [0.1, 0.15) is 41.1 Å². The topological polar surface area (TPSA) is 73.8 Å². The Kier molecular flexibility index (Phi) is 3.32. The summed E-state index contributed by atoms with van der Waals surface area (Å²) in [5, 5.41) is 0. The number of hydrogen-bond acceptors (Lipinski definition) is 5. The van der Waals surface area contributed by atoms with E-state index >= 15 is 0 Å². The highest BCUT2D eigenvalue weighted by Crippen LogP contribution is 2.39. The molecule has 1 saturated carbocycles. The highest BCUT2D eigenvalue weighted by molar-refractivity contribution is 6.18. The molecule has 3 heterocycles. The number of ether oxygens (including phenoxy) is 1. The van der Waals surface area contributed by atoms with Crippen molar-refractivity contribution in [2.75, 3.05) is 19.1 Å². The summed E-state index contributed by atoms with van der Waals surface area (Å²) in [4.78, 5) is 29.4. The van der Waals surface area contributed by atoms with Crippen LogP contribution < -0.4 is 9.64 Å². The van der Waals surface area contributed by atoms with Gasteiger partial charge in [-0.05, 0) is 37.0 Å². The molecule has 26 heavy (non-hydrogen) atoms. The smallest absolute Gasteiger partial charge is 0.280 e. The Balaban J connectivity index is 1.50. The van der Waals surface area contributed by atoms with Crippen molar-refractivity contribution >= 4 is 17.7 Å². The lowest BCUT2D eigenvalue weighted by molar-refractivity contribution is 0.0859. The van der Waals surface area contributed by atoms with E-state index in [4.69, 9.17) is 14.7 Å². The van der Waals surface area contributed by atoms with Crippen molar-refractivity contribution in [2.24, 2.45) is 4.99 Å². The fraction of sp³-hybridized carbons (Fsp3) is 0.421. The first kappa shape index (κ1) is 15.4. The van der Waals surface area contributed by atoms with E-state index in [1.165, 1.54) is 6.42 Å². The third-order valence-corrected chi connectivity index (χ3v) is 5.58. The van der Waals surface area contributed by atoms with Gasteiger partial charge in [0.25, 0.3) is 5.91 Å². The number of aromatic amines is 1. The molecule has 1 aromatic carbocycles. The first-order chi connectivity index (χ1) is 12.7. The summed E-state index contributed by atoms with van der Waals surface area (Å²) < 4.78 is 5.21. The number of nitrogens with zero attached hydrogens (tertiary/aromatic N) is 4. The van der Waals surface area contributed by atoms with Gasteiger partial charge in [-0.25, -0.2) is 9.98 Å². The number of imidazole rings is 1. The summed E-state index contributed by atoms with van der Waals surface area (Å²) in [6, 6.07) is 8.52. The van der Waals surface area contributed by atoms with Gasteiger partial charge in [-0.3, -0.25) is 14.6 Å². The van der Waals surface area contributed by atoms with Gasteiger partial charge in [0.15, 0.2) is 5.82 Å². The number of benzene rings is 1. The molecule has 1 fully saturated rings. The molecule has 2 atom stereocenters. The molecule has 7 nitrogen and oxygen atoms in total. The molecular weight excluding hydrogens is 330 g/mol. The zero-order valence-corrected chi connectivity index (χ0v) is 14.9. The lowest BCUT2D eigenvalue weighted by atomic mass is 10.1. The van der Waals surface area contributed by atoms with E-state index in [2.05, 4.69) is 9.88 Å². The number of carbonyl (C=O) groups excluding carboxylic acids is 1. The van der Waals surface area contributed by atoms with E-state index in [9.17, 15) is 4.79 Å². The van der Waals surface area contributed by atoms with Crippen molar-refractivity contribution in [3.63, 3.8) is 0 Å². The number of nitrogens with one attached hydrogen (secondary N) is 1. The van der Waals surface area contributed by atoms with Crippen LogP contribution >= 0.6 is 0 Å². The van der Waals surface area contributed by atoms with Crippen LogP contribution in [0.4, 0.5) is 5.82 Å². The predicted octanol–water partition coefficient (Wildman–Crippen LogP) is 2.19. The number of methoxy groups -OCH3 is 1. The zero-order valence-electron chi connectivity index (χ0n) is 14.9. The number of carbonyl (C=O) groups is 1. The van der Waals surface area contributed by atoms with Gasteiger partial charge in [-0.2, -0.15) is 0 Å². The average Bonchev–Trinajstić information content (AvgIpc) is 3.34. The summed E-state index contributed by atoms with van der Waals surface area (Å²) in [5.41, 5.74) is 1.69. The van der Waals surface area contributed by atoms with Crippen molar-refractivity contribution in [3.05, 3.63) is 41.3 Å². The molecular formula is C19H21N5O2. The van der Waals surface area contributed by atoms with Gasteiger partial charge in [-0.15, -0.1) is 0 Å². The molecule has 0 bridgehead atoms. The molecule has 2 aromatic rings. The number of H-pyrrole nitrogens is 1. The van der Waals surface area contributed by atoms with E-state index in [0.717, 1.165) is 41.8 Å². The Hall–Kier alpha value is -2.83. The average molecular weight is 351 g/mol. The lowest BCUT2D eigenvalue weighted by Crippen LogP contribution is -2.51. The van der Waals surface area contributed by atoms with Gasteiger partial charge in [0.1, 0.15) is 17.3 Å². The van der Waals surface area contributed by atoms with Crippen LogP contribution in [0, 0.1) is 0 Å². The van der Waals surface area contributed by atoms with Crippen LogP contribution in [-0.2, 0) is 6.42 Å². The molecule has 0 unspecified atom stereocenters. The van der Waals surface area contributed by atoms with E-state index in [1.807, 2.05) is 24.3 Å². The second kappa shape index (κ2) is 5.59. The van der Waals surface area contributed by atoms with Gasteiger partial charge in [-0.1, -0.05) is 12.1 Å². The zero-order chi connectivity index (χ0) is 17.8. The molecule has 2 aliphatic heterocycles. The number of aliphatic imine (C=N–C) groups is 1. The summed E-state index contributed by atoms with van der Waals surface area (Å²) >= 11 is 0. The Morgan fingerprint density at radius 1 is 1.27 bits per heavy atom. The van der Waals surface area contributed by atoms with Crippen LogP contribution in [-0.4, -0.2) is 53.0 Å². The van der Waals surface area contributed by atoms with Crippen molar-refractivity contribution < 1.29 is 9.53 Å². The van der Waals surface area contributed by atoms with Gasteiger partial charge < -0.3 is 9.72 Å². The molecule has 7 heteroatoms. The Bertz CT molecular complexity index is 901. The number of anilines is 1. The number of rotatable bonds is 3. The SMILES string of the molecule is COc1ccc(Cc2nc3c([nH]2)C(=O)N(C)C2=N[C@H]4CCC[C@H]4N23)cc1. The molecule has 3 aliphatic rings. The fourth-order valence-corrected chi connectivity index (χ4v) is 4.25. The number of aromatic nitrogens is 2. The summed E-state index contributed by atoms with van der Waals surface area (Å²) in [6.07, 6.45) is 4.01. The van der Waals surface area contributed by atoms with Crippen LogP contribution in [0.5, 0.6) is 5.75 Å². The standard InChI is InChI=1S/C19H21N5O2/c1-23-18(25)16-17(24-14-5-3-4-13(14)20-19(23)24)22-15(21-16)10-11-6-8-12(26-2)9-7-11/h6-9,13-14H,3-5,10H2,1-2H3,(H,21,22)/t13-,14+/m0/s1. The molecule has 0 radical (unpaired) electrons. The number of hydrogen-bond donors (Lipinski definition) is 1. The van der Waals surface area contributed by atoms with Gasteiger partial charge in [0.05, 0.1) is 19.2 Å². The molecule has 0 spiro atoms. The maximum Gasteiger partial charge on any atom is 0.280 e. The van der Waals surface area contributed by atoms with E-state index in [0.29, 0.717) is 18.2 Å². The Morgan fingerprint density at radius 3 is 2.85 bits per heavy atom. The minimum Gasteiger partial charge on any atom is -0.497 e. The minimum atomic E-state index is -0.0662. The number of fused-ring (bicyclic) bond motifs is 5. The highest BCUT2D eigenvalue weighted by atomic mass is 16.5. The normalized spacial score (nSPS) is 23.6. The third-order valence-electron chi connectivity index (χ3n) is 5.58. The number of guanidine groups is 1. The molecule has 134 valence electrons. The monoisotopic (exact) mass is 351 g/mol. The maximum atomic E-state index is 12.8. The highest BCUT2D eigenvalue weighted by Gasteiger charge is 2.48. The second-order valence-electron chi connectivity index (χ2n) is 7.14. The summed E-state index contributed by atoms with van der Waals surface area (Å²) in [5.74, 6) is 3.05. The van der Waals surface area contributed by atoms with Gasteiger partial charge in [0, 0.05) is 13.5 Å². The first-order valence-corrected chi connectivity index (χ1v) is 9.02.